The highest BCUT2D eigenvalue weighted by Gasteiger charge is 2.36. The topological polar surface area (TPSA) is 32.3 Å². The molecule has 0 fully saturated rings. The van der Waals surface area contributed by atoms with Gasteiger partial charge in [-0.05, 0) is 12.1 Å². The molecule has 0 aliphatic heterocycles. The van der Waals surface area contributed by atoms with Crippen molar-refractivity contribution >= 4 is 58.1 Å². The Kier molecular flexibility index (Phi) is 5.20. The van der Waals surface area contributed by atoms with Crippen LogP contribution in [-0.2, 0) is 0 Å². The van der Waals surface area contributed by atoms with Crippen molar-refractivity contribution in [3.05, 3.63) is 30.3 Å². The minimum absolute atomic E-state index is 0.456. The molecule has 0 spiro atoms. The quantitative estimate of drug-likeness (QED) is 0.647. The second kappa shape index (κ2) is 6.01. The number of alkyl halides is 4. The molecule has 1 atom stereocenters. The van der Waals surface area contributed by atoms with Gasteiger partial charge in [0.2, 0.25) is 3.79 Å². The van der Waals surface area contributed by atoms with Crippen molar-refractivity contribution in [3.8, 4) is 0 Å². The summed E-state index contributed by atoms with van der Waals surface area (Å²) in [6.07, 6.45) is 0. The van der Waals surface area contributed by atoms with Crippen LogP contribution in [-0.4, -0.2) is 27.3 Å². The smallest absolute Gasteiger partial charge is 0.308 e. The van der Waals surface area contributed by atoms with Crippen LogP contribution in [0.15, 0.2) is 30.3 Å². The zero-order valence-electron chi connectivity index (χ0n) is 8.83. The molecule has 3 nitrogen and oxygen atoms in total. The van der Waals surface area contributed by atoms with Crippen LogP contribution in [0.5, 0.6) is 0 Å². The van der Waals surface area contributed by atoms with E-state index in [-0.39, 0.29) is 0 Å². The molecule has 1 aromatic carbocycles. The number of nitrogens with one attached hydrogen (secondary N) is 1. The van der Waals surface area contributed by atoms with Gasteiger partial charge in [0.1, 0.15) is 0 Å². The van der Waals surface area contributed by atoms with E-state index >= 15 is 0 Å². The van der Waals surface area contributed by atoms with E-state index in [1.54, 1.807) is 24.3 Å². The van der Waals surface area contributed by atoms with Gasteiger partial charge in [-0.15, -0.1) is 0 Å². The maximum absolute atomic E-state index is 11.8. The number of para-hydroxylation sites is 1. The maximum atomic E-state index is 11.8. The summed E-state index contributed by atoms with van der Waals surface area (Å²) in [5, 5.41) is 2.62. The zero-order valence-corrected chi connectivity index (χ0v) is 11.9. The van der Waals surface area contributed by atoms with Crippen LogP contribution >= 0.6 is 46.4 Å². The highest BCUT2D eigenvalue weighted by Crippen LogP contribution is 2.35. The van der Waals surface area contributed by atoms with Crippen molar-refractivity contribution in [1.29, 1.82) is 0 Å². The fourth-order valence-corrected chi connectivity index (χ4v) is 1.58. The number of anilines is 1. The van der Waals surface area contributed by atoms with Crippen LogP contribution in [0.25, 0.3) is 0 Å². The van der Waals surface area contributed by atoms with Gasteiger partial charge in [0.15, 0.2) is 5.50 Å². The first kappa shape index (κ1) is 14.7. The third kappa shape index (κ3) is 4.43. The van der Waals surface area contributed by atoms with Crippen molar-refractivity contribution in [2.75, 3.05) is 12.4 Å². The molecule has 2 amide bonds. The summed E-state index contributed by atoms with van der Waals surface area (Å²) < 4.78 is -1.75. The lowest BCUT2D eigenvalue weighted by Crippen LogP contribution is -2.43. The number of amides is 2. The Hall–Kier alpha value is -0.350. The van der Waals surface area contributed by atoms with Crippen molar-refractivity contribution in [1.82, 2.24) is 4.90 Å². The molecule has 0 aromatic heterocycles. The molecule has 0 saturated heterocycles. The molecule has 0 radical (unpaired) electrons. The first-order valence-corrected chi connectivity index (χ1v) is 6.19. The molecular weight excluding hydrogens is 306 g/mol. The van der Waals surface area contributed by atoms with E-state index in [1.807, 2.05) is 6.07 Å². The van der Waals surface area contributed by atoms with Crippen LogP contribution in [0.3, 0.4) is 0 Å². The molecular formula is C10H10Cl4N2O. The van der Waals surface area contributed by atoms with Gasteiger partial charge in [0, 0.05) is 12.7 Å². The summed E-state index contributed by atoms with van der Waals surface area (Å²) in [7, 11) is 1.44. The van der Waals surface area contributed by atoms with E-state index in [0.29, 0.717) is 5.69 Å². The Bertz CT molecular complexity index is 380. The van der Waals surface area contributed by atoms with E-state index in [2.05, 4.69) is 5.32 Å². The molecule has 0 aliphatic rings. The number of halogens is 4. The monoisotopic (exact) mass is 314 g/mol. The molecule has 94 valence electrons. The van der Waals surface area contributed by atoms with Crippen molar-refractivity contribution in [2.24, 2.45) is 0 Å². The Morgan fingerprint density at radius 1 is 1.29 bits per heavy atom. The predicted molar refractivity (Wildman–Crippen MR) is 73.2 cm³/mol. The molecule has 1 unspecified atom stereocenters. The largest absolute Gasteiger partial charge is 0.322 e. The molecule has 1 rings (SSSR count). The Morgan fingerprint density at radius 2 is 1.82 bits per heavy atom. The van der Waals surface area contributed by atoms with Crippen molar-refractivity contribution in [2.45, 2.75) is 9.29 Å². The second-order valence-electron chi connectivity index (χ2n) is 3.28. The molecule has 0 bridgehead atoms. The summed E-state index contributed by atoms with van der Waals surface area (Å²) in [4.78, 5) is 12.9. The van der Waals surface area contributed by atoms with Gasteiger partial charge in [0.05, 0.1) is 0 Å². The average molecular weight is 316 g/mol. The number of benzene rings is 1. The lowest BCUT2D eigenvalue weighted by Gasteiger charge is -2.28. The van der Waals surface area contributed by atoms with Gasteiger partial charge in [0.25, 0.3) is 0 Å². The lowest BCUT2D eigenvalue weighted by atomic mass is 10.3. The van der Waals surface area contributed by atoms with Gasteiger partial charge < -0.3 is 10.2 Å². The number of rotatable bonds is 2. The minimum atomic E-state index is -1.75. The third-order valence-electron chi connectivity index (χ3n) is 1.96. The summed E-state index contributed by atoms with van der Waals surface area (Å²) in [5.74, 6) is 0. The second-order valence-corrected chi connectivity index (χ2v) is 6.07. The maximum Gasteiger partial charge on any atom is 0.322 e. The summed E-state index contributed by atoms with van der Waals surface area (Å²) in [5.41, 5.74) is -0.422. The fraction of sp³-hybridized carbons (Fsp3) is 0.300. The van der Waals surface area contributed by atoms with Gasteiger partial charge in [-0.2, -0.15) is 0 Å². The molecule has 1 aromatic rings. The van der Waals surface area contributed by atoms with Gasteiger partial charge >= 0.3 is 6.03 Å². The number of hydrogen-bond acceptors (Lipinski definition) is 1. The van der Waals surface area contributed by atoms with E-state index < -0.39 is 15.3 Å². The molecule has 0 aliphatic carbocycles. The van der Waals surface area contributed by atoms with Crippen LogP contribution in [0.1, 0.15) is 0 Å². The lowest BCUT2D eigenvalue weighted by molar-refractivity contribution is 0.218. The summed E-state index contributed by atoms with van der Waals surface area (Å²) >= 11 is 22.6. The SMILES string of the molecule is CN(C(=O)Nc1ccccc1)C(Cl)C(Cl)(Cl)Cl. The molecule has 1 N–H and O–H groups in total. The van der Waals surface area contributed by atoms with Gasteiger partial charge in [-0.3, -0.25) is 0 Å². The average Bonchev–Trinajstić information content (AvgIpc) is 2.27. The number of nitrogens with zero attached hydrogens (tertiary/aromatic N) is 1. The van der Waals surface area contributed by atoms with E-state index in [9.17, 15) is 4.79 Å². The first-order valence-electron chi connectivity index (χ1n) is 4.62. The normalized spacial score (nSPS) is 13.0. The fourth-order valence-electron chi connectivity index (χ4n) is 1.06. The highest BCUT2D eigenvalue weighted by atomic mass is 35.6. The van der Waals surface area contributed by atoms with Crippen LogP contribution < -0.4 is 5.32 Å². The van der Waals surface area contributed by atoms with Crippen LogP contribution in [0.2, 0.25) is 0 Å². The minimum Gasteiger partial charge on any atom is -0.308 e. The summed E-state index contributed by atoms with van der Waals surface area (Å²) in [6, 6.07) is 8.45. The van der Waals surface area contributed by atoms with Gasteiger partial charge in [-0.1, -0.05) is 64.6 Å². The van der Waals surface area contributed by atoms with Gasteiger partial charge in [-0.25, -0.2) is 4.79 Å². The van der Waals surface area contributed by atoms with E-state index in [4.69, 9.17) is 46.4 Å². The van der Waals surface area contributed by atoms with Crippen LogP contribution in [0.4, 0.5) is 10.5 Å². The number of hydrogen-bond donors (Lipinski definition) is 1. The Morgan fingerprint density at radius 3 is 2.29 bits per heavy atom. The molecule has 0 saturated carbocycles. The third-order valence-corrected chi connectivity index (χ3v) is 3.53. The summed E-state index contributed by atoms with van der Waals surface area (Å²) in [6.45, 7) is 0. The van der Waals surface area contributed by atoms with E-state index in [1.165, 1.54) is 7.05 Å². The predicted octanol–water partition coefficient (Wildman–Crippen LogP) is 4.09. The highest BCUT2D eigenvalue weighted by molar-refractivity contribution is 6.70. The standard InChI is InChI=1S/C10H10Cl4N2O/c1-16(8(11)10(12,13)14)9(17)15-7-5-3-2-4-6-7/h2-6,8H,1H3,(H,15,17). The van der Waals surface area contributed by atoms with Crippen molar-refractivity contribution < 1.29 is 4.79 Å². The number of carbonyl (C=O) groups is 1. The zero-order chi connectivity index (χ0) is 13.1. The van der Waals surface area contributed by atoms with E-state index in [0.717, 1.165) is 4.90 Å². The Labute approximate surface area is 120 Å². The molecule has 17 heavy (non-hydrogen) atoms. The number of carbonyl (C=O) groups excluding carboxylic acids is 1. The van der Waals surface area contributed by atoms with Crippen molar-refractivity contribution in [3.63, 3.8) is 0 Å². The first-order chi connectivity index (χ1) is 7.82. The Balaban J connectivity index is 2.65. The molecule has 0 heterocycles. The molecule has 7 heteroatoms. The van der Waals surface area contributed by atoms with Crippen LogP contribution in [0, 0.1) is 0 Å². The number of urea groups is 1.